The number of likely N-dealkylation sites (tertiary alicyclic amines) is 1. The first kappa shape index (κ1) is 18.8. The van der Waals surface area contributed by atoms with E-state index in [1.54, 1.807) is 19.1 Å². The lowest BCUT2D eigenvalue weighted by Crippen LogP contribution is -2.52. The summed E-state index contributed by atoms with van der Waals surface area (Å²) in [6, 6.07) is 3.89. The Morgan fingerprint density at radius 1 is 1.40 bits per heavy atom. The van der Waals surface area contributed by atoms with Crippen molar-refractivity contribution in [3.8, 4) is 5.75 Å². The molecule has 7 heteroatoms. The van der Waals surface area contributed by atoms with E-state index in [4.69, 9.17) is 5.73 Å². The summed E-state index contributed by atoms with van der Waals surface area (Å²) in [5.74, 6) is -0.864. The van der Waals surface area contributed by atoms with Crippen molar-refractivity contribution in [1.29, 1.82) is 0 Å². The SMILES string of the molecule is CC(=O)N1CCC[C@H]1C(=O)N[C@@H](CCc1ccc(O)c(C)c1)C(N)=O. The average Bonchev–Trinajstić information content (AvgIpc) is 3.04. The Kier molecular flexibility index (Phi) is 6.01. The Morgan fingerprint density at radius 2 is 2.12 bits per heavy atom. The third-order valence-corrected chi connectivity index (χ3v) is 4.60. The van der Waals surface area contributed by atoms with Crippen molar-refractivity contribution in [3.05, 3.63) is 29.3 Å². The number of nitrogens with two attached hydrogens (primary N) is 1. The van der Waals surface area contributed by atoms with Crippen molar-refractivity contribution in [2.75, 3.05) is 6.54 Å². The predicted molar refractivity (Wildman–Crippen MR) is 92.7 cm³/mol. The summed E-state index contributed by atoms with van der Waals surface area (Å²) in [5.41, 5.74) is 7.12. The molecular formula is C18H25N3O4. The number of benzene rings is 1. The van der Waals surface area contributed by atoms with E-state index < -0.39 is 18.0 Å². The van der Waals surface area contributed by atoms with Crippen LogP contribution >= 0.6 is 0 Å². The van der Waals surface area contributed by atoms with Gasteiger partial charge >= 0.3 is 0 Å². The van der Waals surface area contributed by atoms with Crippen LogP contribution < -0.4 is 11.1 Å². The van der Waals surface area contributed by atoms with Gasteiger partial charge in [-0.05, 0) is 49.8 Å². The number of nitrogens with one attached hydrogen (secondary N) is 1. The molecule has 1 aromatic rings. The standard InChI is InChI=1S/C18H25N3O4/c1-11-10-13(6-8-16(11)23)5-7-14(17(19)24)20-18(25)15-4-3-9-21(15)12(2)22/h6,8,10,14-15,23H,3-5,7,9H2,1-2H3,(H2,19,24)(H,20,25)/t14-,15-/m0/s1. The number of aryl methyl sites for hydroxylation is 2. The molecule has 0 saturated carbocycles. The first-order valence-electron chi connectivity index (χ1n) is 8.45. The highest BCUT2D eigenvalue weighted by Crippen LogP contribution is 2.19. The molecule has 2 rings (SSSR count). The molecule has 1 aromatic carbocycles. The fourth-order valence-electron chi connectivity index (χ4n) is 3.15. The molecule has 0 aromatic heterocycles. The van der Waals surface area contributed by atoms with Gasteiger partial charge in [0, 0.05) is 13.5 Å². The molecule has 2 atom stereocenters. The van der Waals surface area contributed by atoms with Crippen molar-refractivity contribution >= 4 is 17.7 Å². The van der Waals surface area contributed by atoms with Crippen LogP contribution in [0.15, 0.2) is 18.2 Å². The number of rotatable bonds is 6. The third kappa shape index (κ3) is 4.71. The van der Waals surface area contributed by atoms with Crippen LogP contribution in [0.2, 0.25) is 0 Å². The van der Waals surface area contributed by atoms with Gasteiger partial charge in [0.2, 0.25) is 17.7 Å². The van der Waals surface area contributed by atoms with Crippen LogP contribution in [-0.4, -0.2) is 46.4 Å². The second-order valence-electron chi connectivity index (χ2n) is 6.49. The third-order valence-electron chi connectivity index (χ3n) is 4.60. The van der Waals surface area contributed by atoms with Gasteiger partial charge in [-0.25, -0.2) is 0 Å². The second kappa shape index (κ2) is 8.00. The maximum absolute atomic E-state index is 12.4. The Balaban J connectivity index is 1.98. The Morgan fingerprint density at radius 3 is 2.72 bits per heavy atom. The van der Waals surface area contributed by atoms with Crippen molar-refractivity contribution in [1.82, 2.24) is 10.2 Å². The van der Waals surface area contributed by atoms with Crippen molar-refractivity contribution in [3.63, 3.8) is 0 Å². The second-order valence-corrected chi connectivity index (χ2v) is 6.49. The van der Waals surface area contributed by atoms with Crippen molar-refractivity contribution in [2.45, 2.75) is 51.6 Å². The molecule has 0 bridgehead atoms. The van der Waals surface area contributed by atoms with E-state index in [9.17, 15) is 19.5 Å². The molecule has 0 spiro atoms. The zero-order valence-electron chi connectivity index (χ0n) is 14.6. The molecule has 1 heterocycles. The van der Waals surface area contributed by atoms with Crippen LogP contribution in [0.3, 0.4) is 0 Å². The van der Waals surface area contributed by atoms with Crippen molar-refractivity contribution in [2.24, 2.45) is 5.73 Å². The lowest BCUT2D eigenvalue weighted by atomic mass is 10.0. The minimum atomic E-state index is -0.795. The number of carbonyl (C=O) groups is 3. The summed E-state index contributed by atoms with van der Waals surface area (Å²) < 4.78 is 0. The Labute approximate surface area is 147 Å². The minimum Gasteiger partial charge on any atom is -0.508 e. The molecule has 4 N–H and O–H groups in total. The van der Waals surface area contributed by atoms with E-state index in [-0.39, 0.29) is 17.6 Å². The van der Waals surface area contributed by atoms with Gasteiger partial charge in [-0.15, -0.1) is 0 Å². The maximum atomic E-state index is 12.4. The molecule has 1 saturated heterocycles. The molecule has 0 unspecified atom stereocenters. The summed E-state index contributed by atoms with van der Waals surface area (Å²) in [6.07, 6.45) is 2.26. The normalized spacial score (nSPS) is 18.0. The zero-order chi connectivity index (χ0) is 18.6. The molecule has 1 fully saturated rings. The highest BCUT2D eigenvalue weighted by atomic mass is 16.3. The minimum absolute atomic E-state index is 0.146. The fourth-order valence-corrected chi connectivity index (χ4v) is 3.15. The van der Waals surface area contributed by atoms with Crippen molar-refractivity contribution < 1.29 is 19.5 Å². The first-order valence-corrected chi connectivity index (χ1v) is 8.45. The molecule has 1 aliphatic rings. The lowest BCUT2D eigenvalue weighted by molar-refractivity contribution is -0.138. The molecule has 136 valence electrons. The molecule has 0 aliphatic carbocycles. The molecular weight excluding hydrogens is 322 g/mol. The van der Waals surface area contributed by atoms with E-state index in [1.165, 1.54) is 11.8 Å². The predicted octanol–water partition coefficient (Wildman–Crippen LogP) is 0.614. The number of carbonyl (C=O) groups excluding carboxylic acids is 3. The summed E-state index contributed by atoms with van der Waals surface area (Å²) in [7, 11) is 0. The zero-order valence-corrected chi connectivity index (χ0v) is 14.6. The van der Waals surface area contributed by atoms with Gasteiger partial charge in [0.05, 0.1) is 0 Å². The Bertz CT molecular complexity index is 674. The summed E-state index contributed by atoms with van der Waals surface area (Å²) in [5, 5.41) is 12.2. The first-order chi connectivity index (χ1) is 11.8. The largest absolute Gasteiger partial charge is 0.508 e. The Hall–Kier alpha value is -2.57. The van der Waals surface area contributed by atoms with E-state index in [1.807, 2.05) is 6.07 Å². The fraction of sp³-hybridized carbons (Fsp3) is 0.500. The molecule has 7 nitrogen and oxygen atoms in total. The van der Waals surface area contributed by atoms with Crippen LogP contribution in [0.4, 0.5) is 0 Å². The number of hydrogen-bond donors (Lipinski definition) is 3. The number of hydrogen-bond acceptors (Lipinski definition) is 4. The maximum Gasteiger partial charge on any atom is 0.243 e. The summed E-state index contributed by atoms with van der Waals surface area (Å²) in [6.45, 7) is 3.79. The van der Waals surface area contributed by atoms with Crippen LogP contribution in [0.25, 0.3) is 0 Å². The number of nitrogens with zero attached hydrogens (tertiary/aromatic N) is 1. The average molecular weight is 347 g/mol. The van der Waals surface area contributed by atoms with Crippen LogP contribution in [0, 0.1) is 6.92 Å². The quantitative estimate of drug-likeness (QED) is 0.700. The van der Waals surface area contributed by atoms with Crippen LogP contribution in [0.1, 0.15) is 37.3 Å². The number of phenolic OH excluding ortho intramolecular Hbond substituents is 1. The lowest BCUT2D eigenvalue weighted by Gasteiger charge is -2.24. The number of phenols is 1. The number of aromatic hydroxyl groups is 1. The summed E-state index contributed by atoms with van der Waals surface area (Å²) >= 11 is 0. The van der Waals surface area contributed by atoms with Gasteiger partial charge in [0.25, 0.3) is 0 Å². The highest BCUT2D eigenvalue weighted by Gasteiger charge is 2.33. The molecule has 0 radical (unpaired) electrons. The van der Waals surface area contributed by atoms with Gasteiger partial charge < -0.3 is 21.1 Å². The number of amides is 3. The topological polar surface area (TPSA) is 113 Å². The van der Waals surface area contributed by atoms with Crippen LogP contribution in [0.5, 0.6) is 5.75 Å². The van der Waals surface area contributed by atoms with Gasteiger partial charge in [0.15, 0.2) is 0 Å². The number of primary amides is 1. The van der Waals surface area contributed by atoms with E-state index >= 15 is 0 Å². The highest BCUT2D eigenvalue weighted by molar-refractivity contribution is 5.91. The van der Waals surface area contributed by atoms with E-state index in [2.05, 4.69) is 5.32 Å². The smallest absolute Gasteiger partial charge is 0.243 e. The van der Waals surface area contributed by atoms with E-state index in [0.717, 1.165) is 17.5 Å². The van der Waals surface area contributed by atoms with Gasteiger partial charge in [-0.2, -0.15) is 0 Å². The molecule has 1 aliphatic heterocycles. The van der Waals surface area contributed by atoms with E-state index in [0.29, 0.717) is 25.8 Å². The molecule has 25 heavy (non-hydrogen) atoms. The van der Waals surface area contributed by atoms with Gasteiger partial charge in [0.1, 0.15) is 17.8 Å². The molecule has 3 amide bonds. The van der Waals surface area contributed by atoms with Gasteiger partial charge in [-0.3, -0.25) is 14.4 Å². The summed E-state index contributed by atoms with van der Waals surface area (Å²) in [4.78, 5) is 37.2. The monoisotopic (exact) mass is 347 g/mol. The van der Waals surface area contributed by atoms with Crippen LogP contribution in [-0.2, 0) is 20.8 Å². The van der Waals surface area contributed by atoms with Gasteiger partial charge in [-0.1, -0.05) is 12.1 Å².